The Hall–Kier alpha value is 1.18. The zero-order valence-electron chi connectivity index (χ0n) is 24.5. The van der Waals surface area contributed by atoms with Crippen LogP contribution in [0.15, 0.2) is 0 Å². The summed E-state index contributed by atoms with van der Waals surface area (Å²) in [4.78, 5) is 0. The molecule has 0 N–H and O–H groups in total. The highest BCUT2D eigenvalue weighted by molar-refractivity contribution is 9.51. The van der Waals surface area contributed by atoms with Gasteiger partial charge in [0.1, 0.15) is 0 Å². The second kappa shape index (κ2) is 29.7. The topological polar surface area (TPSA) is 0 Å². The zero-order chi connectivity index (χ0) is 25.7. The van der Waals surface area contributed by atoms with Crippen LogP contribution >= 0.6 is 30.6 Å². The van der Waals surface area contributed by atoms with E-state index in [2.05, 4.69) is 44.4 Å². The molecule has 0 aliphatic rings. The van der Waals surface area contributed by atoms with Crippen molar-refractivity contribution < 1.29 is 0 Å². The van der Waals surface area contributed by atoms with Crippen LogP contribution in [0.3, 0.4) is 0 Å². The summed E-state index contributed by atoms with van der Waals surface area (Å²) in [6.45, 7) is 4.61. The van der Waals surface area contributed by atoms with E-state index in [9.17, 15) is 0 Å². The van der Waals surface area contributed by atoms with Gasteiger partial charge in [0.2, 0.25) is 5.31 Å². The Morgan fingerprint density at radius 1 is 0.286 bits per heavy atom. The van der Waals surface area contributed by atoms with Gasteiger partial charge in [0, 0.05) is 0 Å². The van der Waals surface area contributed by atoms with Gasteiger partial charge in [-0.1, -0.05) is 194 Å². The quantitative estimate of drug-likeness (QED) is 0.0417. The first kappa shape index (κ1) is 36.2. The van der Waals surface area contributed by atoms with Crippen LogP contribution in [0.25, 0.3) is 0 Å². The van der Waals surface area contributed by atoms with E-state index in [0.717, 1.165) is 0 Å². The maximum absolute atomic E-state index is 4.11. The first-order valence-electron chi connectivity index (χ1n) is 16.5. The van der Waals surface area contributed by atoms with Crippen LogP contribution in [0.1, 0.15) is 194 Å². The van der Waals surface area contributed by atoms with Gasteiger partial charge in [0.25, 0.3) is 0 Å². The van der Waals surface area contributed by atoms with Crippen molar-refractivity contribution in [3.8, 4) is 0 Å². The van der Waals surface area contributed by atoms with Gasteiger partial charge in [-0.15, -0.1) is 30.6 Å². The fourth-order valence-electron chi connectivity index (χ4n) is 5.28. The molecule has 0 aliphatic carbocycles. The lowest BCUT2D eigenvalue weighted by molar-refractivity contribution is 0.537. The van der Waals surface area contributed by atoms with E-state index < -0.39 is 5.31 Å². The van der Waals surface area contributed by atoms with Crippen molar-refractivity contribution in [3.63, 3.8) is 0 Å². The molecule has 0 aromatic rings. The van der Waals surface area contributed by atoms with Crippen molar-refractivity contribution in [2.75, 3.05) is 0 Å². The summed E-state index contributed by atoms with van der Waals surface area (Å²) in [5.41, 5.74) is 0. The summed E-state index contributed by atoms with van der Waals surface area (Å²) < 4.78 is 0. The van der Waals surface area contributed by atoms with Gasteiger partial charge in [-0.3, -0.25) is 0 Å². The Balaban J connectivity index is 3.28. The molecule has 0 aromatic heterocycles. The molecule has 35 heavy (non-hydrogen) atoms. The SMILES string of the molecule is CCCCCCCCCCCCCCCC[Si](Br)(Br)CCCCCCCCCCCCCCCC. The molecule has 0 amide bonds. The average molecular weight is 639 g/mol. The number of unbranched alkanes of at least 4 members (excludes halogenated alkanes) is 26. The number of rotatable bonds is 30. The van der Waals surface area contributed by atoms with E-state index in [4.69, 9.17) is 0 Å². The Labute approximate surface area is 240 Å². The number of hydrogen-bond acceptors (Lipinski definition) is 0. The molecule has 3 heteroatoms. The van der Waals surface area contributed by atoms with Gasteiger partial charge in [-0.2, -0.15) is 0 Å². The molecule has 0 bridgehead atoms. The third-order valence-electron chi connectivity index (χ3n) is 7.79. The van der Waals surface area contributed by atoms with Gasteiger partial charge in [0.15, 0.2) is 0 Å². The summed E-state index contributed by atoms with van der Waals surface area (Å²) in [5.74, 6) is 0. The van der Waals surface area contributed by atoms with E-state index in [1.165, 1.54) is 192 Å². The van der Waals surface area contributed by atoms with Crippen LogP contribution in [0.4, 0.5) is 0 Å². The Morgan fingerprint density at radius 2 is 0.457 bits per heavy atom. The Kier molecular flexibility index (Phi) is 30.7. The molecule has 0 aromatic carbocycles. The lowest BCUT2D eigenvalue weighted by atomic mass is 10.0. The molecule has 0 radical (unpaired) electrons. The molecule has 0 rings (SSSR count). The lowest BCUT2D eigenvalue weighted by Crippen LogP contribution is -2.16. The maximum Gasteiger partial charge on any atom is 0.201 e. The average Bonchev–Trinajstić information content (AvgIpc) is 2.84. The third-order valence-corrected chi connectivity index (χ3v) is 14.7. The fraction of sp³-hybridized carbons (Fsp3) is 1.00. The molecule has 0 fully saturated rings. The first-order chi connectivity index (χ1) is 17.1. The van der Waals surface area contributed by atoms with Crippen molar-refractivity contribution in [2.45, 2.75) is 206 Å². The van der Waals surface area contributed by atoms with Gasteiger partial charge in [-0.25, -0.2) is 0 Å². The molecule has 0 unspecified atom stereocenters. The molecule has 0 atom stereocenters. The van der Waals surface area contributed by atoms with E-state index in [1.807, 2.05) is 0 Å². The summed E-state index contributed by atoms with van der Waals surface area (Å²) >= 11 is 8.23. The van der Waals surface area contributed by atoms with Crippen molar-refractivity contribution in [1.29, 1.82) is 0 Å². The largest absolute Gasteiger partial charge is 0.201 e. The molecular formula is C32H66Br2Si. The molecule has 0 saturated carbocycles. The second-order valence-corrected chi connectivity index (χ2v) is 26.6. The molecule has 0 aliphatic heterocycles. The van der Waals surface area contributed by atoms with Crippen LogP contribution in [0.5, 0.6) is 0 Å². The van der Waals surface area contributed by atoms with Gasteiger partial charge in [-0.05, 0) is 12.1 Å². The normalized spacial score (nSPS) is 12.0. The van der Waals surface area contributed by atoms with Gasteiger partial charge < -0.3 is 0 Å². The monoisotopic (exact) mass is 636 g/mol. The second-order valence-electron chi connectivity index (χ2n) is 11.5. The van der Waals surface area contributed by atoms with Gasteiger partial charge >= 0.3 is 0 Å². The third kappa shape index (κ3) is 31.3. The highest BCUT2D eigenvalue weighted by Gasteiger charge is 2.24. The van der Waals surface area contributed by atoms with Crippen LogP contribution in [-0.2, 0) is 0 Å². The minimum atomic E-state index is -1.28. The van der Waals surface area contributed by atoms with E-state index >= 15 is 0 Å². The molecule has 0 nitrogen and oxygen atoms in total. The lowest BCUT2D eigenvalue weighted by Gasteiger charge is -2.17. The van der Waals surface area contributed by atoms with E-state index in [0.29, 0.717) is 0 Å². The van der Waals surface area contributed by atoms with Crippen LogP contribution in [-0.4, -0.2) is 5.31 Å². The highest BCUT2D eigenvalue weighted by Crippen LogP contribution is 2.34. The highest BCUT2D eigenvalue weighted by atomic mass is 79.9. The fourth-order valence-corrected chi connectivity index (χ4v) is 10.4. The molecule has 0 heterocycles. The van der Waals surface area contributed by atoms with Crippen molar-refractivity contribution in [1.82, 2.24) is 0 Å². The Morgan fingerprint density at radius 3 is 0.657 bits per heavy atom. The molecule has 212 valence electrons. The Bertz CT molecular complexity index is 352. The van der Waals surface area contributed by atoms with Gasteiger partial charge in [0.05, 0.1) is 0 Å². The first-order valence-corrected chi connectivity index (χ1v) is 23.4. The minimum Gasteiger partial charge on any atom is -0.111 e. The number of hydrogen-bond donors (Lipinski definition) is 0. The summed E-state index contributed by atoms with van der Waals surface area (Å²) in [6.07, 6.45) is 40.8. The van der Waals surface area contributed by atoms with E-state index in [1.54, 1.807) is 0 Å². The molecule has 0 spiro atoms. The summed E-state index contributed by atoms with van der Waals surface area (Å²) in [6, 6.07) is 2.84. The number of halogens is 2. The summed E-state index contributed by atoms with van der Waals surface area (Å²) in [7, 11) is 0. The zero-order valence-corrected chi connectivity index (χ0v) is 28.6. The maximum atomic E-state index is 4.11. The van der Waals surface area contributed by atoms with Crippen LogP contribution in [0.2, 0.25) is 12.1 Å². The van der Waals surface area contributed by atoms with Crippen molar-refractivity contribution in [2.24, 2.45) is 0 Å². The van der Waals surface area contributed by atoms with E-state index in [-0.39, 0.29) is 0 Å². The predicted molar refractivity (Wildman–Crippen MR) is 174 cm³/mol. The van der Waals surface area contributed by atoms with Crippen molar-refractivity contribution >= 4 is 35.9 Å². The minimum absolute atomic E-state index is 1.28. The van der Waals surface area contributed by atoms with Crippen LogP contribution < -0.4 is 0 Å². The smallest absolute Gasteiger partial charge is 0.111 e. The molecule has 0 saturated heterocycles. The molecular weight excluding hydrogens is 572 g/mol. The summed E-state index contributed by atoms with van der Waals surface area (Å²) in [5, 5.41) is -1.28. The van der Waals surface area contributed by atoms with Crippen LogP contribution in [0, 0.1) is 0 Å². The predicted octanol–water partition coefficient (Wildman–Crippen LogP) is 14.2. The van der Waals surface area contributed by atoms with Crippen molar-refractivity contribution in [3.05, 3.63) is 0 Å². The standard InChI is InChI=1S/C32H66Br2Si/c1-3-5-7-9-11-13-15-17-19-21-23-25-27-29-31-35(33,34)32-30-28-26-24-22-20-18-16-14-12-10-8-6-4-2/h3-32H2,1-2H3.